The lowest BCUT2D eigenvalue weighted by molar-refractivity contribution is 0.0866. The third-order valence-electron chi connectivity index (χ3n) is 3.22. The predicted molar refractivity (Wildman–Crippen MR) is 66.9 cm³/mol. The molecule has 1 saturated heterocycles. The SMILES string of the molecule is Cc1cccc(N)c1C(=O)NC1CCOC1C. The molecule has 92 valence electrons. The third kappa shape index (κ3) is 2.42. The molecule has 1 fully saturated rings. The second-order valence-corrected chi connectivity index (χ2v) is 4.48. The quantitative estimate of drug-likeness (QED) is 0.762. The number of hydrogen-bond acceptors (Lipinski definition) is 3. The minimum atomic E-state index is -0.108. The van der Waals surface area contributed by atoms with Crippen LogP contribution in [-0.2, 0) is 4.74 Å². The Kier molecular flexibility index (Phi) is 3.33. The number of nitrogen functional groups attached to an aromatic ring is 1. The molecule has 4 nitrogen and oxygen atoms in total. The van der Waals surface area contributed by atoms with Crippen LogP contribution in [0.15, 0.2) is 18.2 Å². The summed E-state index contributed by atoms with van der Waals surface area (Å²) >= 11 is 0. The molecule has 0 aromatic heterocycles. The molecule has 0 aliphatic carbocycles. The molecule has 0 spiro atoms. The molecule has 4 heteroatoms. The molecule has 0 radical (unpaired) electrons. The molecular formula is C13H18N2O2. The van der Waals surface area contributed by atoms with E-state index in [0.717, 1.165) is 12.0 Å². The molecule has 3 N–H and O–H groups in total. The van der Waals surface area contributed by atoms with Crippen molar-refractivity contribution in [3.8, 4) is 0 Å². The topological polar surface area (TPSA) is 64.4 Å². The second-order valence-electron chi connectivity index (χ2n) is 4.48. The number of amides is 1. The Labute approximate surface area is 101 Å². The maximum Gasteiger partial charge on any atom is 0.253 e. The van der Waals surface area contributed by atoms with Crippen LogP contribution in [0.25, 0.3) is 0 Å². The zero-order valence-electron chi connectivity index (χ0n) is 10.2. The van der Waals surface area contributed by atoms with E-state index in [1.165, 1.54) is 0 Å². The standard InChI is InChI=1S/C13H18N2O2/c1-8-4-3-5-10(14)12(8)13(16)15-11-6-7-17-9(11)2/h3-5,9,11H,6-7,14H2,1-2H3,(H,15,16). The molecule has 1 aliphatic heterocycles. The minimum absolute atomic E-state index is 0.0733. The van der Waals surface area contributed by atoms with Gasteiger partial charge in [-0.2, -0.15) is 0 Å². The van der Waals surface area contributed by atoms with E-state index in [2.05, 4.69) is 5.32 Å². The van der Waals surface area contributed by atoms with E-state index in [9.17, 15) is 4.79 Å². The lowest BCUT2D eigenvalue weighted by Gasteiger charge is -2.17. The van der Waals surface area contributed by atoms with Gasteiger partial charge in [-0.05, 0) is 31.9 Å². The van der Waals surface area contributed by atoms with Crippen LogP contribution in [0.3, 0.4) is 0 Å². The number of carbonyl (C=O) groups is 1. The number of nitrogens with one attached hydrogen (secondary N) is 1. The Morgan fingerprint density at radius 2 is 2.29 bits per heavy atom. The van der Waals surface area contributed by atoms with Gasteiger partial charge < -0.3 is 15.8 Å². The van der Waals surface area contributed by atoms with Gasteiger partial charge in [0.25, 0.3) is 5.91 Å². The van der Waals surface area contributed by atoms with Crippen LogP contribution in [0.4, 0.5) is 5.69 Å². The average Bonchev–Trinajstić information content (AvgIpc) is 2.64. The number of rotatable bonds is 2. The minimum Gasteiger partial charge on any atom is -0.398 e. The van der Waals surface area contributed by atoms with Gasteiger partial charge in [0.05, 0.1) is 17.7 Å². The Balaban J connectivity index is 2.14. The smallest absolute Gasteiger partial charge is 0.253 e. The molecule has 1 aromatic rings. The number of carbonyl (C=O) groups excluding carboxylic acids is 1. The number of benzene rings is 1. The van der Waals surface area contributed by atoms with Crippen molar-refractivity contribution in [2.45, 2.75) is 32.4 Å². The Bertz CT molecular complexity index is 411. The number of hydrogen-bond donors (Lipinski definition) is 2. The fourth-order valence-electron chi connectivity index (χ4n) is 2.16. The predicted octanol–water partition coefficient (Wildman–Crippen LogP) is 1.48. The molecule has 1 aromatic carbocycles. The first-order chi connectivity index (χ1) is 8.09. The number of anilines is 1. The van der Waals surface area contributed by atoms with Gasteiger partial charge in [-0.25, -0.2) is 0 Å². The van der Waals surface area contributed by atoms with Crippen LogP contribution >= 0.6 is 0 Å². The van der Waals surface area contributed by atoms with Crippen LogP contribution in [-0.4, -0.2) is 24.7 Å². The molecule has 1 amide bonds. The van der Waals surface area contributed by atoms with Gasteiger partial charge in [0.15, 0.2) is 0 Å². The van der Waals surface area contributed by atoms with Crippen molar-refractivity contribution in [1.82, 2.24) is 5.32 Å². The van der Waals surface area contributed by atoms with Crippen molar-refractivity contribution in [3.63, 3.8) is 0 Å². The van der Waals surface area contributed by atoms with Crippen molar-refractivity contribution in [2.24, 2.45) is 0 Å². The van der Waals surface area contributed by atoms with Crippen LogP contribution < -0.4 is 11.1 Å². The first-order valence-corrected chi connectivity index (χ1v) is 5.87. The van der Waals surface area contributed by atoms with Gasteiger partial charge in [-0.15, -0.1) is 0 Å². The van der Waals surface area contributed by atoms with Gasteiger partial charge >= 0.3 is 0 Å². The van der Waals surface area contributed by atoms with Crippen molar-refractivity contribution < 1.29 is 9.53 Å². The van der Waals surface area contributed by atoms with E-state index in [1.807, 2.05) is 26.0 Å². The third-order valence-corrected chi connectivity index (χ3v) is 3.22. The first kappa shape index (κ1) is 11.9. The largest absolute Gasteiger partial charge is 0.398 e. The van der Waals surface area contributed by atoms with Crippen LogP contribution in [0.5, 0.6) is 0 Å². The highest BCUT2D eigenvalue weighted by Gasteiger charge is 2.26. The Morgan fingerprint density at radius 1 is 1.53 bits per heavy atom. The molecule has 0 bridgehead atoms. The summed E-state index contributed by atoms with van der Waals surface area (Å²) in [6.45, 7) is 4.56. The summed E-state index contributed by atoms with van der Waals surface area (Å²) in [6.07, 6.45) is 0.933. The maximum atomic E-state index is 12.1. The van der Waals surface area contributed by atoms with Crippen molar-refractivity contribution in [3.05, 3.63) is 29.3 Å². The summed E-state index contributed by atoms with van der Waals surface area (Å²) in [5, 5.41) is 2.98. The fraction of sp³-hybridized carbons (Fsp3) is 0.462. The lowest BCUT2D eigenvalue weighted by Crippen LogP contribution is -2.39. The van der Waals surface area contributed by atoms with E-state index in [4.69, 9.17) is 10.5 Å². The fourth-order valence-corrected chi connectivity index (χ4v) is 2.16. The normalized spacial score (nSPS) is 23.6. The monoisotopic (exact) mass is 234 g/mol. The average molecular weight is 234 g/mol. The summed E-state index contributed by atoms with van der Waals surface area (Å²) in [4.78, 5) is 12.1. The zero-order chi connectivity index (χ0) is 12.4. The Morgan fingerprint density at radius 3 is 2.88 bits per heavy atom. The first-order valence-electron chi connectivity index (χ1n) is 5.87. The van der Waals surface area contributed by atoms with Crippen LogP contribution in [0, 0.1) is 6.92 Å². The molecule has 2 unspecified atom stereocenters. The molecular weight excluding hydrogens is 216 g/mol. The number of nitrogens with two attached hydrogens (primary N) is 1. The molecule has 1 heterocycles. The summed E-state index contributed by atoms with van der Waals surface area (Å²) < 4.78 is 5.42. The van der Waals surface area contributed by atoms with E-state index < -0.39 is 0 Å². The summed E-state index contributed by atoms with van der Waals surface area (Å²) in [7, 11) is 0. The van der Waals surface area contributed by atoms with Gasteiger partial charge in [-0.3, -0.25) is 4.79 Å². The van der Waals surface area contributed by atoms with Crippen molar-refractivity contribution >= 4 is 11.6 Å². The van der Waals surface area contributed by atoms with E-state index in [0.29, 0.717) is 17.9 Å². The van der Waals surface area contributed by atoms with Crippen molar-refractivity contribution in [2.75, 3.05) is 12.3 Å². The maximum absolute atomic E-state index is 12.1. The molecule has 17 heavy (non-hydrogen) atoms. The van der Waals surface area contributed by atoms with Crippen LogP contribution in [0.2, 0.25) is 0 Å². The molecule has 2 rings (SSSR count). The molecule has 0 saturated carbocycles. The summed E-state index contributed by atoms with van der Waals surface area (Å²) in [6, 6.07) is 5.57. The summed E-state index contributed by atoms with van der Waals surface area (Å²) in [5.74, 6) is -0.108. The van der Waals surface area contributed by atoms with Gasteiger partial charge in [0.2, 0.25) is 0 Å². The Hall–Kier alpha value is -1.55. The van der Waals surface area contributed by atoms with Gasteiger partial charge in [0.1, 0.15) is 0 Å². The summed E-state index contributed by atoms with van der Waals surface area (Å²) in [5.41, 5.74) is 7.83. The number of aryl methyl sites for hydroxylation is 1. The highest BCUT2D eigenvalue weighted by atomic mass is 16.5. The van der Waals surface area contributed by atoms with Gasteiger partial charge in [0, 0.05) is 12.3 Å². The zero-order valence-corrected chi connectivity index (χ0v) is 10.2. The lowest BCUT2D eigenvalue weighted by atomic mass is 10.0. The van der Waals surface area contributed by atoms with Crippen LogP contribution in [0.1, 0.15) is 29.3 Å². The molecule has 2 atom stereocenters. The highest BCUT2D eigenvalue weighted by molar-refractivity contribution is 6.00. The second kappa shape index (κ2) is 4.75. The van der Waals surface area contributed by atoms with E-state index in [-0.39, 0.29) is 18.1 Å². The van der Waals surface area contributed by atoms with Crippen molar-refractivity contribution in [1.29, 1.82) is 0 Å². The van der Waals surface area contributed by atoms with E-state index in [1.54, 1.807) is 6.07 Å². The number of ether oxygens (including phenoxy) is 1. The van der Waals surface area contributed by atoms with Gasteiger partial charge in [-0.1, -0.05) is 12.1 Å². The molecule has 1 aliphatic rings. The highest BCUT2D eigenvalue weighted by Crippen LogP contribution is 2.18. The van der Waals surface area contributed by atoms with E-state index >= 15 is 0 Å².